The molecule has 0 unspecified atom stereocenters. The molecule has 0 saturated carbocycles. The summed E-state index contributed by atoms with van der Waals surface area (Å²) in [7, 11) is 3.07. The summed E-state index contributed by atoms with van der Waals surface area (Å²) in [6, 6.07) is 3.37. The molecule has 4 heteroatoms. The van der Waals surface area contributed by atoms with Gasteiger partial charge in [0.2, 0.25) is 0 Å². The third-order valence-electron chi connectivity index (χ3n) is 2.22. The van der Waals surface area contributed by atoms with Gasteiger partial charge in [0, 0.05) is 6.54 Å². The van der Waals surface area contributed by atoms with Gasteiger partial charge in [-0.25, -0.2) is 4.39 Å². The van der Waals surface area contributed by atoms with Gasteiger partial charge in [-0.2, -0.15) is 0 Å². The standard InChI is InChI=1S/C12H16FNO2/c1-15-11-6-9(4-3-5-14)10(8-13)7-12(11)16-2/h3-4,6-7H,5,8,14H2,1-2H3/b4-3+. The second kappa shape index (κ2) is 6.12. The third kappa shape index (κ3) is 2.73. The highest BCUT2D eigenvalue weighted by Crippen LogP contribution is 2.31. The third-order valence-corrected chi connectivity index (χ3v) is 2.22. The fourth-order valence-electron chi connectivity index (χ4n) is 1.40. The van der Waals surface area contributed by atoms with E-state index in [4.69, 9.17) is 15.2 Å². The Hall–Kier alpha value is -1.55. The molecule has 0 fully saturated rings. The van der Waals surface area contributed by atoms with Crippen molar-refractivity contribution in [3.8, 4) is 11.5 Å². The number of halogens is 1. The summed E-state index contributed by atoms with van der Waals surface area (Å²) in [5.74, 6) is 1.11. The van der Waals surface area contributed by atoms with E-state index in [9.17, 15) is 4.39 Å². The van der Waals surface area contributed by atoms with Crippen LogP contribution in [0.4, 0.5) is 4.39 Å². The molecule has 1 aromatic rings. The summed E-state index contributed by atoms with van der Waals surface area (Å²) in [5, 5.41) is 0. The van der Waals surface area contributed by atoms with E-state index in [-0.39, 0.29) is 0 Å². The highest BCUT2D eigenvalue weighted by molar-refractivity contribution is 5.60. The normalized spacial score (nSPS) is 10.8. The van der Waals surface area contributed by atoms with E-state index in [1.54, 1.807) is 31.4 Å². The zero-order valence-corrected chi connectivity index (χ0v) is 9.50. The molecule has 0 bridgehead atoms. The summed E-state index contributed by atoms with van der Waals surface area (Å²) in [5.41, 5.74) is 6.67. The van der Waals surface area contributed by atoms with Crippen molar-refractivity contribution in [2.75, 3.05) is 20.8 Å². The van der Waals surface area contributed by atoms with Gasteiger partial charge < -0.3 is 15.2 Å². The molecule has 3 nitrogen and oxygen atoms in total. The molecule has 88 valence electrons. The Labute approximate surface area is 94.7 Å². The molecule has 1 aromatic carbocycles. The van der Waals surface area contributed by atoms with E-state index >= 15 is 0 Å². The summed E-state index contributed by atoms with van der Waals surface area (Å²) in [6.07, 6.45) is 3.54. The fourth-order valence-corrected chi connectivity index (χ4v) is 1.40. The van der Waals surface area contributed by atoms with E-state index in [0.29, 0.717) is 23.6 Å². The average Bonchev–Trinajstić information content (AvgIpc) is 2.35. The number of nitrogens with two attached hydrogens (primary N) is 1. The van der Waals surface area contributed by atoms with Gasteiger partial charge in [0.25, 0.3) is 0 Å². The van der Waals surface area contributed by atoms with Gasteiger partial charge in [0.1, 0.15) is 6.67 Å². The minimum Gasteiger partial charge on any atom is -0.493 e. The molecule has 2 N–H and O–H groups in total. The topological polar surface area (TPSA) is 44.5 Å². The van der Waals surface area contributed by atoms with Crippen molar-refractivity contribution in [3.05, 3.63) is 29.3 Å². The largest absolute Gasteiger partial charge is 0.493 e. The first-order chi connectivity index (χ1) is 7.76. The zero-order chi connectivity index (χ0) is 12.0. The Bertz CT molecular complexity index is 378. The molecule has 1 rings (SSSR count). The van der Waals surface area contributed by atoms with E-state index in [1.165, 1.54) is 7.11 Å². The predicted octanol–water partition coefficient (Wildman–Crippen LogP) is 2.15. The molecule has 0 heterocycles. The monoisotopic (exact) mass is 225 g/mol. The van der Waals surface area contributed by atoms with Crippen molar-refractivity contribution < 1.29 is 13.9 Å². The van der Waals surface area contributed by atoms with Crippen LogP contribution >= 0.6 is 0 Å². The lowest BCUT2D eigenvalue weighted by molar-refractivity contribution is 0.353. The van der Waals surface area contributed by atoms with Crippen molar-refractivity contribution in [3.63, 3.8) is 0 Å². The van der Waals surface area contributed by atoms with Crippen LogP contribution in [0.1, 0.15) is 11.1 Å². The van der Waals surface area contributed by atoms with Crippen molar-refractivity contribution >= 4 is 6.08 Å². The maximum absolute atomic E-state index is 12.8. The first-order valence-electron chi connectivity index (χ1n) is 4.94. The number of ether oxygens (including phenoxy) is 2. The summed E-state index contributed by atoms with van der Waals surface area (Å²) >= 11 is 0. The van der Waals surface area contributed by atoms with E-state index in [0.717, 1.165) is 5.56 Å². The molecule has 16 heavy (non-hydrogen) atoms. The van der Waals surface area contributed by atoms with Crippen molar-refractivity contribution in [2.24, 2.45) is 5.73 Å². The van der Waals surface area contributed by atoms with Crippen LogP contribution in [0.15, 0.2) is 18.2 Å². The van der Waals surface area contributed by atoms with Crippen molar-refractivity contribution in [2.45, 2.75) is 6.67 Å². The lowest BCUT2D eigenvalue weighted by atomic mass is 10.1. The van der Waals surface area contributed by atoms with Crippen LogP contribution < -0.4 is 15.2 Å². The number of rotatable bonds is 5. The number of hydrogen-bond acceptors (Lipinski definition) is 3. The molecule has 0 aliphatic carbocycles. The molecular formula is C12H16FNO2. The smallest absolute Gasteiger partial charge is 0.161 e. The van der Waals surface area contributed by atoms with Crippen LogP contribution in [-0.4, -0.2) is 20.8 Å². The lowest BCUT2D eigenvalue weighted by Crippen LogP contribution is -1.96. The van der Waals surface area contributed by atoms with Crippen LogP contribution in [0, 0.1) is 0 Å². The first kappa shape index (κ1) is 12.5. The Morgan fingerprint density at radius 3 is 2.38 bits per heavy atom. The summed E-state index contributed by atoms with van der Waals surface area (Å²) in [6.45, 7) is -0.134. The molecule has 0 saturated heterocycles. The summed E-state index contributed by atoms with van der Waals surface area (Å²) < 4.78 is 23.0. The molecular weight excluding hydrogens is 209 g/mol. The van der Waals surface area contributed by atoms with Gasteiger partial charge in [0.15, 0.2) is 11.5 Å². The first-order valence-corrected chi connectivity index (χ1v) is 4.94. The second-order valence-electron chi connectivity index (χ2n) is 3.18. The SMILES string of the molecule is COc1cc(/C=C/CN)c(CF)cc1OC. The van der Waals surface area contributed by atoms with Crippen molar-refractivity contribution in [1.82, 2.24) is 0 Å². The minimum absolute atomic E-state index is 0.417. The number of methoxy groups -OCH3 is 2. The Balaban J connectivity index is 3.20. The fraction of sp³-hybridized carbons (Fsp3) is 0.333. The van der Waals surface area contributed by atoms with E-state index < -0.39 is 6.67 Å². The minimum atomic E-state index is -0.551. The average molecular weight is 225 g/mol. The van der Waals surface area contributed by atoms with E-state index in [1.807, 2.05) is 0 Å². The molecule has 0 aliphatic rings. The maximum atomic E-state index is 12.8. The van der Waals surface area contributed by atoms with Crippen LogP contribution in [0.25, 0.3) is 6.08 Å². The van der Waals surface area contributed by atoms with Gasteiger partial charge in [-0.15, -0.1) is 0 Å². The summed E-state index contributed by atoms with van der Waals surface area (Å²) in [4.78, 5) is 0. The predicted molar refractivity (Wildman–Crippen MR) is 62.4 cm³/mol. The highest BCUT2D eigenvalue weighted by Gasteiger charge is 2.08. The molecule has 0 atom stereocenters. The van der Waals surface area contributed by atoms with Crippen LogP contribution in [0.2, 0.25) is 0 Å². The molecule has 0 spiro atoms. The molecule has 0 radical (unpaired) electrons. The number of benzene rings is 1. The Kier molecular flexibility index (Phi) is 4.79. The van der Waals surface area contributed by atoms with Crippen LogP contribution in [-0.2, 0) is 6.67 Å². The highest BCUT2D eigenvalue weighted by atomic mass is 19.1. The Morgan fingerprint density at radius 2 is 1.88 bits per heavy atom. The molecule has 0 aliphatic heterocycles. The van der Waals surface area contributed by atoms with Gasteiger partial charge in [-0.1, -0.05) is 12.2 Å². The van der Waals surface area contributed by atoms with Gasteiger partial charge >= 0.3 is 0 Å². The Morgan fingerprint density at radius 1 is 1.25 bits per heavy atom. The van der Waals surface area contributed by atoms with Crippen LogP contribution in [0.3, 0.4) is 0 Å². The van der Waals surface area contributed by atoms with Gasteiger partial charge in [0.05, 0.1) is 14.2 Å². The number of alkyl halides is 1. The lowest BCUT2D eigenvalue weighted by Gasteiger charge is -2.11. The zero-order valence-electron chi connectivity index (χ0n) is 9.50. The van der Waals surface area contributed by atoms with Gasteiger partial charge in [-0.3, -0.25) is 0 Å². The number of hydrogen-bond donors (Lipinski definition) is 1. The maximum Gasteiger partial charge on any atom is 0.161 e. The second-order valence-corrected chi connectivity index (χ2v) is 3.18. The quantitative estimate of drug-likeness (QED) is 0.835. The molecule has 0 amide bonds. The van der Waals surface area contributed by atoms with Crippen molar-refractivity contribution in [1.29, 1.82) is 0 Å². The molecule has 0 aromatic heterocycles. The van der Waals surface area contributed by atoms with Gasteiger partial charge in [-0.05, 0) is 23.3 Å². The van der Waals surface area contributed by atoms with Crippen LogP contribution in [0.5, 0.6) is 11.5 Å². The van der Waals surface area contributed by atoms with E-state index in [2.05, 4.69) is 0 Å².